The minimum absolute atomic E-state index is 0.435. The third kappa shape index (κ3) is 2.85. The minimum atomic E-state index is 0.435. The van der Waals surface area contributed by atoms with Crippen LogP contribution in [0.1, 0.15) is 19.4 Å². The van der Waals surface area contributed by atoms with Crippen molar-refractivity contribution in [3.05, 3.63) is 30.9 Å². The molecule has 0 fully saturated rings. The lowest BCUT2D eigenvalue weighted by molar-refractivity contribution is 0.539. The second kappa shape index (κ2) is 5.91. The first-order valence-corrected chi connectivity index (χ1v) is 7.34. The molecule has 0 saturated heterocycles. The van der Waals surface area contributed by atoms with Gasteiger partial charge in [0.2, 0.25) is 0 Å². The summed E-state index contributed by atoms with van der Waals surface area (Å²) in [6, 6.07) is 4.28. The van der Waals surface area contributed by atoms with Crippen molar-refractivity contribution >= 4 is 17.6 Å². The summed E-state index contributed by atoms with van der Waals surface area (Å²) < 4.78 is 2.20. The monoisotopic (exact) mass is 262 g/mol. The van der Waals surface area contributed by atoms with Crippen molar-refractivity contribution < 1.29 is 0 Å². The second-order valence-corrected chi connectivity index (χ2v) is 5.27. The van der Waals surface area contributed by atoms with Crippen LogP contribution in [0.2, 0.25) is 0 Å². The highest BCUT2D eigenvalue weighted by atomic mass is 32.2. The highest BCUT2D eigenvalue weighted by molar-refractivity contribution is 7.98. The van der Waals surface area contributed by atoms with Crippen LogP contribution in [0, 0.1) is 0 Å². The fraction of sp³-hybridized carbons (Fsp3) is 0.385. The number of hydrogen-bond acceptors (Lipinski definition) is 4. The van der Waals surface area contributed by atoms with Crippen LogP contribution in [0.25, 0.3) is 11.3 Å². The Hall–Kier alpha value is -1.49. The molecule has 0 spiro atoms. The summed E-state index contributed by atoms with van der Waals surface area (Å²) in [7, 11) is 0. The molecule has 0 saturated carbocycles. The summed E-state index contributed by atoms with van der Waals surface area (Å²) >= 11 is 1.87. The van der Waals surface area contributed by atoms with Gasteiger partial charge in [-0.1, -0.05) is 0 Å². The standard InChI is InChI=1S/C13H18N4S/c1-10(4-6-18-2)17-9-15-8-12(17)11-3-5-16-13(14)7-11/h3,5,7-10H,4,6H2,1-2H3,(H2,14,16). The zero-order valence-electron chi connectivity index (χ0n) is 10.7. The van der Waals surface area contributed by atoms with E-state index in [1.807, 2.05) is 36.4 Å². The van der Waals surface area contributed by atoms with Crippen LogP contribution < -0.4 is 5.73 Å². The Kier molecular flexibility index (Phi) is 4.25. The maximum absolute atomic E-state index is 5.73. The molecule has 0 bridgehead atoms. The Labute approximate surface area is 112 Å². The molecule has 1 atom stereocenters. The van der Waals surface area contributed by atoms with Gasteiger partial charge in [-0.2, -0.15) is 11.8 Å². The Balaban J connectivity index is 2.27. The molecule has 5 heteroatoms. The number of anilines is 1. The van der Waals surface area contributed by atoms with Gasteiger partial charge in [0.1, 0.15) is 5.82 Å². The lowest BCUT2D eigenvalue weighted by Gasteiger charge is -2.16. The Bertz CT molecular complexity index is 509. The van der Waals surface area contributed by atoms with E-state index in [-0.39, 0.29) is 0 Å². The van der Waals surface area contributed by atoms with Gasteiger partial charge in [-0.05, 0) is 37.5 Å². The predicted octanol–water partition coefficient (Wildman–Crippen LogP) is 2.84. The van der Waals surface area contributed by atoms with Crippen LogP contribution in [0.4, 0.5) is 5.82 Å². The summed E-state index contributed by atoms with van der Waals surface area (Å²) in [5, 5.41) is 0. The zero-order valence-corrected chi connectivity index (χ0v) is 11.5. The van der Waals surface area contributed by atoms with E-state index < -0.39 is 0 Å². The number of pyridine rings is 1. The van der Waals surface area contributed by atoms with E-state index in [9.17, 15) is 0 Å². The van der Waals surface area contributed by atoms with Gasteiger partial charge in [-0.15, -0.1) is 0 Å². The smallest absolute Gasteiger partial charge is 0.123 e. The SMILES string of the molecule is CSCCC(C)n1cncc1-c1ccnc(N)c1. The molecule has 2 rings (SSSR count). The van der Waals surface area contributed by atoms with Crippen LogP contribution in [0.15, 0.2) is 30.9 Å². The molecule has 2 aromatic rings. The molecule has 2 heterocycles. The van der Waals surface area contributed by atoms with Crippen molar-refractivity contribution in [3.63, 3.8) is 0 Å². The number of hydrogen-bond donors (Lipinski definition) is 1. The topological polar surface area (TPSA) is 56.7 Å². The average Bonchev–Trinajstić information content (AvgIpc) is 2.85. The molecule has 0 aliphatic rings. The minimum Gasteiger partial charge on any atom is -0.384 e. The van der Waals surface area contributed by atoms with Crippen LogP contribution in [0.3, 0.4) is 0 Å². The maximum atomic E-state index is 5.73. The molecule has 96 valence electrons. The van der Waals surface area contributed by atoms with Crippen LogP contribution >= 0.6 is 11.8 Å². The van der Waals surface area contributed by atoms with Crippen LogP contribution in [-0.4, -0.2) is 26.5 Å². The van der Waals surface area contributed by atoms with Crippen molar-refractivity contribution in [2.45, 2.75) is 19.4 Å². The Morgan fingerprint density at radius 1 is 1.50 bits per heavy atom. The molecule has 4 nitrogen and oxygen atoms in total. The molecule has 2 N–H and O–H groups in total. The number of rotatable bonds is 5. The first-order valence-electron chi connectivity index (χ1n) is 5.95. The van der Waals surface area contributed by atoms with Crippen molar-refractivity contribution in [2.24, 2.45) is 0 Å². The summed E-state index contributed by atoms with van der Waals surface area (Å²) in [5.41, 5.74) is 7.89. The first-order chi connectivity index (χ1) is 8.72. The van der Waals surface area contributed by atoms with E-state index in [0.717, 1.165) is 23.4 Å². The quantitative estimate of drug-likeness (QED) is 0.900. The molecule has 0 aliphatic carbocycles. The molecule has 0 aliphatic heterocycles. The summed E-state index contributed by atoms with van der Waals surface area (Å²) in [5.74, 6) is 1.69. The van der Waals surface area contributed by atoms with Gasteiger partial charge >= 0.3 is 0 Å². The predicted molar refractivity (Wildman–Crippen MR) is 77.6 cm³/mol. The fourth-order valence-electron chi connectivity index (χ4n) is 1.91. The zero-order chi connectivity index (χ0) is 13.0. The van der Waals surface area contributed by atoms with E-state index in [2.05, 4.69) is 27.7 Å². The molecule has 1 unspecified atom stereocenters. The van der Waals surface area contributed by atoms with Gasteiger partial charge in [0.25, 0.3) is 0 Å². The summed E-state index contributed by atoms with van der Waals surface area (Å²) in [4.78, 5) is 8.27. The molecular formula is C13H18N4S. The number of aromatic nitrogens is 3. The number of nitrogens with two attached hydrogens (primary N) is 1. The van der Waals surface area contributed by atoms with Crippen LogP contribution in [0.5, 0.6) is 0 Å². The molecule has 0 radical (unpaired) electrons. The Morgan fingerprint density at radius 3 is 3.06 bits per heavy atom. The van der Waals surface area contributed by atoms with Crippen molar-refractivity contribution in [1.29, 1.82) is 0 Å². The van der Waals surface area contributed by atoms with Gasteiger partial charge in [-0.25, -0.2) is 9.97 Å². The van der Waals surface area contributed by atoms with Gasteiger partial charge < -0.3 is 10.3 Å². The number of nitrogens with zero attached hydrogens (tertiary/aromatic N) is 3. The lowest BCUT2D eigenvalue weighted by atomic mass is 10.1. The number of thioether (sulfide) groups is 1. The highest BCUT2D eigenvalue weighted by Crippen LogP contribution is 2.25. The largest absolute Gasteiger partial charge is 0.384 e. The van der Waals surface area contributed by atoms with Crippen LogP contribution in [-0.2, 0) is 0 Å². The van der Waals surface area contributed by atoms with E-state index >= 15 is 0 Å². The van der Waals surface area contributed by atoms with E-state index in [4.69, 9.17) is 5.73 Å². The van der Waals surface area contributed by atoms with Gasteiger partial charge in [0.15, 0.2) is 0 Å². The maximum Gasteiger partial charge on any atom is 0.123 e. The van der Waals surface area contributed by atoms with Gasteiger partial charge in [0.05, 0.1) is 18.2 Å². The highest BCUT2D eigenvalue weighted by Gasteiger charge is 2.11. The summed E-state index contributed by atoms with van der Waals surface area (Å²) in [6.07, 6.45) is 8.76. The van der Waals surface area contributed by atoms with E-state index in [0.29, 0.717) is 11.9 Å². The van der Waals surface area contributed by atoms with Gasteiger partial charge in [0, 0.05) is 17.8 Å². The molecule has 18 heavy (non-hydrogen) atoms. The van der Waals surface area contributed by atoms with Gasteiger partial charge in [-0.3, -0.25) is 0 Å². The average molecular weight is 262 g/mol. The van der Waals surface area contributed by atoms with Crippen molar-refractivity contribution in [2.75, 3.05) is 17.7 Å². The van der Waals surface area contributed by atoms with E-state index in [1.54, 1.807) is 6.20 Å². The van der Waals surface area contributed by atoms with Crippen molar-refractivity contribution in [3.8, 4) is 11.3 Å². The molecule has 0 amide bonds. The number of nitrogen functional groups attached to an aromatic ring is 1. The first kappa shape index (κ1) is 13.0. The third-order valence-corrected chi connectivity index (χ3v) is 3.60. The fourth-order valence-corrected chi connectivity index (χ4v) is 2.49. The molecule has 2 aromatic heterocycles. The summed E-state index contributed by atoms with van der Waals surface area (Å²) in [6.45, 7) is 2.21. The molecular weight excluding hydrogens is 244 g/mol. The second-order valence-electron chi connectivity index (χ2n) is 4.29. The normalized spacial score (nSPS) is 12.6. The lowest BCUT2D eigenvalue weighted by Crippen LogP contribution is -2.06. The molecule has 0 aromatic carbocycles. The van der Waals surface area contributed by atoms with E-state index in [1.165, 1.54) is 0 Å². The number of imidazole rings is 1. The third-order valence-electron chi connectivity index (χ3n) is 2.96. The van der Waals surface area contributed by atoms with Crippen molar-refractivity contribution in [1.82, 2.24) is 14.5 Å². The Morgan fingerprint density at radius 2 is 2.33 bits per heavy atom.